The maximum absolute atomic E-state index is 5.73. The molecular formula is C13H23BrN4O. The monoisotopic (exact) mass is 330 g/mol. The first-order valence-electron chi connectivity index (χ1n) is 6.94. The number of hydrogen-bond donors (Lipinski definition) is 2. The Morgan fingerprint density at radius 2 is 2.42 bits per heavy atom. The Labute approximate surface area is 123 Å². The number of hydrogen-bond acceptors (Lipinski definition) is 4. The van der Waals surface area contributed by atoms with Crippen LogP contribution in [0.2, 0.25) is 0 Å². The van der Waals surface area contributed by atoms with Crippen LogP contribution in [0.25, 0.3) is 0 Å². The summed E-state index contributed by atoms with van der Waals surface area (Å²) in [5.41, 5.74) is 4.04. The number of halogens is 1. The lowest BCUT2D eigenvalue weighted by molar-refractivity contribution is 0.0992. The number of nitrogens with one attached hydrogen (secondary N) is 1. The zero-order valence-corrected chi connectivity index (χ0v) is 13.2. The fourth-order valence-electron chi connectivity index (χ4n) is 2.61. The Kier molecular flexibility index (Phi) is 5.38. The fraction of sp³-hybridized carbons (Fsp3) is 0.769. The van der Waals surface area contributed by atoms with E-state index in [9.17, 15) is 0 Å². The van der Waals surface area contributed by atoms with Crippen LogP contribution in [0.15, 0.2) is 10.7 Å². The standard InChI is InChI=1S/C13H23BrN4O/c1-9(2)18-13(11(14)8-16-18)12(17-15)6-5-10-4-3-7-19-10/h8-10,12,17H,3-7,15H2,1-2H3. The number of hydrazine groups is 1. The highest BCUT2D eigenvalue weighted by Gasteiger charge is 2.23. The molecule has 6 heteroatoms. The van der Waals surface area contributed by atoms with E-state index in [1.807, 2.05) is 10.9 Å². The van der Waals surface area contributed by atoms with Crippen molar-refractivity contribution in [2.75, 3.05) is 6.61 Å². The second-order valence-electron chi connectivity index (χ2n) is 5.35. The summed E-state index contributed by atoms with van der Waals surface area (Å²) in [7, 11) is 0. The molecule has 0 aromatic carbocycles. The third-order valence-electron chi connectivity index (χ3n) is 3.61. The molecule has 1 fully saturated rings. The van der Waals surface area contributed by atoms with Crippen molar-refractivity contribution in [1.29, 1.82) is 0 Å². The second-order valence-corrected chi connectivity index (χ2v) is 6.20. The average molecular weight is 331 g/mol. The van der Waals surface area contributed by atoms with Gasteiger partial charge in [0.1, 0.15) is 0 Å². The first-order valence-corrected chi connectivity index (χ1v) is 7.73. The molecule has 2 heterocycles. The van der Waals surface area contributed by atoms with Crippen LogP contribution in [0.1, 0.15) is 57.3 Å². The molecule has 0 radical (unpaired) electrons. The highest BCUT2D eigenvalue weighted by atomic mass is 79.9. The molecule has 19 heavy (non-hydrogen) atoms. The molecule has 108 valence electrons. The molecule has 0 spiro atoms. The number of nitrogens with zero attached hydrogens (tertiary/aromatic N) is 2. The summed E-state index contributed by atoms with van der Waals surface area (Å²) in [6, 6.07) is 0.420. The van der Waals surface area contributed by atoms with Crippen molar-refractivity contribution >= 4 is 15.9 Å². The van der Waals surface area contributed by atoms with Gasteiger partial charge in [-0.3, -0.25) is 16.0 Å². The van der Waals surface area contributed by atoms with Gasteiger partial charge in [-0.2, -0.15) is 5.10 Å². The molecule has 1 aromatic rings. The van der Waals surface area contributed by atoms with E-state index >= 15 is 0 Å². The molecular weight excluding hydrogens is 308 g/mol. The molecule has 0 bridgehead atoms. The van der Waals surface area contributed by atoms with Crippen LogP contribution in [0.3, 0.4) is 0 Å². The van der Waals surface area contributed by atoms with E-state index in [0.29, 0.717) is 12.1 Å². The van der Waals surface area contributed by atoms with Gasteiger partial charge in [-0.1, -0.05) is 0 Å². The van der Waals surface area contributed by atoms with Crippen molar-refractivity contribution in [3.05, 3.63) is 16.4 Å². The normalized spacial score (nSPS) is 21.2. The molecule has 2 unspecified atom stereocenters. The highest BCUT2D eigenvalue weighted by molar-refractivity contribution is 9.10. The number of aromatic nitrogens is 2. The van der Waals surface area contributed by atoms with E-state index in [1.54, 1.807) is 0 Å². The van der Waals surface area contributed by atoms with Gasteiger partial charge in [-0.15, -0.1) is 0 Å². The van der Waals surface area contributed by atoms with Crippen LogP contribution in [0, 0.1) is 0 Å². The van der Waals surface area contributed by atoms with Gasteiger partial charge >= 0.3 is 0 Å². The Morgan fingerprint density at radius 3 is 3.00 bits per heavy atom. The van der Waals surface area contributed by atoms with Gasteiger partial charge in [-0.25, -0.2) is 0 Å². The summed E-state index contributed by atoms with van der Waals surface area (Å²) in [6.45, 7) is 5.15. The van der Waals surface area contributed by atoms with Gasteiger partial charge in [0.05, 0.1) is 28.5 Å². The second kappa shape index (κ2) is 6.83. The predicted octanol–water partition coefficient (Wildman–Crippen LogP) is 2.69. The zero-order chi connectivity index (χ0) is 13.8. The number of ether oxygens (including phenoxy) is 1. The average Bonchev–Trinajstić information content (AvgIpc) is 3.00. The topological polar surface area (TPSA) is 65.1 Å². The lowest BCUT2D eigenvalue weighted by Gasteiger charge is -2.21. The van der Waals surface area contributed by atoms with Crippen molar-refractivity contribution in [3.8, 4) is 0 Å². The number of nitrogens with two attached hydrogens (primary N) is 1. The minimum absolute atomic E-state index is 0.100. The van der Waals surface area contributed by atoms with Crippen molar-refractivity contribution in [2.24, 2.45) is 5.84 Å². The zero-order valence-electron chi connectivity index (χ0n) is 11.6. The first kappa shape index (κ1) is 15.0. The van der Waals surface area contributed by atoms with Gasteiger partial charge in [0, 0.05) is 12.6 Å². The van der Waals surface area contributed by atoms with Crippen LogP contribution in [-0.2, 0) is 4.74 Å². The summed E-state index contributed by atoms with van der Waals surface area (Å²) in [5.74, 6) is 5.73. The molecule has 0 aliphatic carbocycles. The molecule has 5 nitrogen and oxygen atoms in total. The Balaban J connectivity index is 2.05. The molecule has 2 rings (SSSR count). The molecule has 0 amide bonds. The lowest BCUT2D eigenvalue weighted by Crippen LogP contribution is -2.31. The Bertz CT molecular complexity index is 401. The molecule has 1 aliphatic rings. The highest BCUT2D eigenvalue weighted by Crippen LogP contribution is 2.30. The molecule has 1 aliphatic heterocycles. The van der Waals surface area contributed by atoms with Gasteiger partial charge in [-0.05, 0) is 55.5 Å². The smallest absolute Gasteiger partial charge is 0.0712 e. The van der Waals surface area contributed by atoms with Crippen molar-refractivity contribution < 1.29 is 4.74 Å². The summed E-state index contributed by atoms with van der Waals surface area (Å²) >= 11 is 3.57. The predicted molar refractivity (Wildman–Crippen MR) is 78.6 cm³/mol. The van der Waals surface area contributed by atoms with E-state index in [4.69, 9.17) is 10.6 Å². The van der Waals surface area contributed by atoms with Crippen LogP contribution in [0.5, 0.6) is 0 Å². The van der Waals surface area contributed by atoms with Crippen LogP contribution >= 0.6 is 15.9 Å². The van der Waals surface area contributed by atoms with E-state index < -0.39 is 0 Å². The van der Waals surface area contributed by atoms with Gasteiger partial charge in [0.25, 0.3) is 0 Å². The molecule has 1 saturated heterocycles. The summed E-state index contributed by atoms with van der Waals surface area (Å²) < 4.78 is 8.70. The molecule has 2 atom stereocenters. The van der Waals surface area contributed by atoms with E-state index in [2.05, 4.69) is 40.3 Å². The largest absolute Gasteiger partial charge is 0.378 e. The van der Waals surface area contributed by atoms with E-state index in [-0.39, 0.29) is 6.04 Å². The Hall–Kier alpha value is -0.430. The summed E-state index contributed by atoms with van der Waals surface area (Å²) in [5, 5.41) is 4.41. The summed E-state index contributed by atoms with van der Waals surface area (Å²) in [4.78, 5) is 0. The molecule has 1 aromatic heterocycles. The van der Waals surface area contributed by atoms with E-state index in [1.165, 1.54) is 12.8 Å². The van der Waals surface area contributed by atoms with Crippen LogP contribution < -0.4 is 11.3 Å². The molecule has 0 saturated carbocycles. The van der Waals surface area contributed by atoms with Crippen LogP contribution in [0.4, 0.5) is 0 Å². The van der Waals surface area contributed by atoms with E-state index in [0.717, 1.165) is 29.6 Å². The summed E-state index contributed by atoms with van der Waals surface area (Å²) in [6.07, 6.45) is 6.57. The van der Waals surface area contributed by atoms with Gasteiger partial charge < -0.3 is 4.74 Å². The number of rotatable bonds is 6. The minimum Gasteiger partial charge on any atom is -0.378 e. The van der Waals surface area contributed by atoms with Crippen LogP contribution in [-0.4, -0.2) is 22.5 Å². The minimum atomic E-state index is 0.100. The fourth-order valence-corrected chi connectivity index (χ4v) is 3.16. The van der Waals surface area contributed by atoms with Crippen molar-refractivity contribution in [3.63, 3.8) is 0 Å². The SMILES string of the molecule is CC(C)n1ncc(Br)c1C(CCC1CCCO1)NN. The first-order chi connectivity index (χ1) is 9.13. The third-order valence-corrected chi connectivity index (χ3v) is 4.22. The lowest BCUT2D eigenvalue weighted by atomic mass is 10.0. The third kappa shape index (κ3) is 3.56. The molecule has 3 N–H and O–H groups in total. The van der Waals surface area contributed by atoms with Crippen molar-refractivity contribution in [1.82, 2.24) is 15.2 Å². The van der Waals surface area contributed by atoms with Crippen molar-refractivity contribution in [2.45, 2.75) is 57.7 Å². The van der Waals surface area contributed by atoms with Gasteiger partial charge in [0.15, 0.2) is 0 Å². The van der Waals surface area contributed by atoms with Gasteiger partial charge in [0.2, 0.25) is 0 Å². The Morgan fingerprint density at radius 1 is 1.63 bits per heavy atom. The quantitative estimate of drug-likeness (QED) is 0.621. The maximum atomic E-state index is 5.73. The maximum Gasteiger partial charge on any atom is 0.0712 e.